The molecular formula is C8H8N4O3S. The zero-order chi connectivity index (χ0) is 12.3. The van der Waals surface area contributed by atoms with Crippen molar-refractivity contribution >= 4 is 35.1 Å². The van der Waals surface area contributed by atoms with Crippen molar-refractivity contribution in [3.05, 3.63) is 0 Å². The Labute approximate surface area is 96.2 Å². The molecule has 0 radical (unpaired) electrons. The third kappa shape index (κ3) is 2.52. The van der Waals surface area contributed by atoms with Crippen LogP contribution in [0.1, 0.15) is 6.42 Å². The summed E-state index contributed by atoms with van der Waals surface area (Å²) in [6.45, 7) is -0.232. The van der Waals surface area contributed by atoms with Crippen LogP contribution in [0.2, 0.25) is 0 Å². The molecule has 84 valence electrons. The van der Waals surface area contributed by atoms with Crippen molar-refractivity contribution in [1.29, 1.82) is 5.26 Å². The fourth-order valence-electron chi connectivity index (χ4n) is 1.14. The van der Waals surface area contributed by atoms with Crippen molar-refractivity contribution in [3.8, 4) is 6.07 Å². The van der Waals surface area contributed by atoms with Crippen LogP contribution in [-0.2, 0) is 14.4 Å². The highest BCUT2D eigenvalue weighted by atomic mass is 32.1. The minimum Gasteiger partial charge on any atom is -0.368 e. The molecule has 1 fully saturated rings. The number of nitrogens with two attached hydrogens (primary N) is 1. The number of nitrogens with one attached hydrogen (secondary N) is 1. The highest BCUT2D eigenvalue weighted by molar-refractivity contribution is 7.80. The standard InChI is InChI=1S/C8H8N4O3S/c9-2-4(7(10)15)3-12-6(14)1-5(13)11-8(12)16/h4H,1,3H2,(H2,10,15)(H,11,13,16)/t4-/m1/s1. The van der Waals surface area contributed by atoms with Crippen molar-refractivity contribution < 1.29 is 14.4 Å². The summed E-state index contributed by atoms with van der Waals surface area (Å²) in [4.78, 5) is 34.1. The lowest BCUT2D eigenvalue weighted by Crippen LogP contribution is -2.54. The van der Waals surface area contributed by atoms with Crippen molar-refractivity contribution in [2.75, 3.05) is 6.54 Å². The van der Waals surface area contributed by atoms with E-state index < -0.39 is 23.6 Å². The van der Waals surface area contributed by atoms with Crippen LogP contribution >= 0.6 is 12.2 Å². The first-order valence-corrected chi connectivity index (χ1v) is 4.69. The van der Waals surface area contributed by atoms with Gasteiger partial charge in [0.1, 0.15) is 12.3 Å². The molecule has 3 amide bonds. The van der Waals surface area contributed by atoms with Gasteiger partial charge in [0.05, 0.1) is 12.6 Å². The minimum atomic E-state index is -1.14. The molecule has 1 heterocycles. The SMILES string of the molecule is N#C[C@H](CN1C(=O)CC(=O)NC1=S)C(N)=O. The number of nitriles is 1. The lowest BCUT2D eigenvalue weighted by atomic mass is 10.1. The van der Waals surface area contributed by atoms with Crippen LogP contribution in [0.25, 0.3) is 0 Å². The lowest BCUT2D eigenvalue weighted by Gasteiger charge is -2.28. The predicted octanol–water partition coefficient (Wildman–Crippen LogP) is -1.76. The van der Waals surface area contributed by atoms with Crippen LogP contribution in [0.15, 0.2) is 0 Å². The van der Waals surface area contributed by atoms with E-state index in [9.17, 15) is 14.4 Å². The second kappa shape index (κ2) is 4.67. The Morgan fingerprint density at radius 2 is 2.31 bits per heavy atom. The smallest absolute Gasteiger partial charge is 0.238 e. The first-order chi connectivity index (χ1) is 7.45. The summed E-state index contributed by atoms with van der Waals surface area (Å²) in [5.74, 6) is -3.03. The largest absolute Gasteiger partial charge is 0.368 e. The van der Waals surface area contributed by atoms with Gasteiger partial charge in [-0.25, -0.2) is 0 Å². The molecule has 1 saturated heterocycles. The Bertz CT molecular complexity index is 394. The number of hydrogen-bond acceptors (Lipinski definition) is 5. The molecule has 1 rings (SSSR count). The number of thiocarbonyl (C=S) groups is 1. The summed E-state index contributed by atoms with van der Waals surface area (Å²) in [5.41, 5.74) is 4.95. The second-order valence-electron chi connectivity index (χ2n) is 3.12. The van der Waals surface area contributed by atoms with Crippen molar-refractivity contribution in [2.24, 2.45) is 11.7 Å². The van der Waals surface area contributed by atoms with E-state index in [1.54, 1.807) is 6.07 Å². The van der Waals surface area contributed by atoms with E-state index >= 15 is 0 Å². The van der Waals surface area contributed by atoms with Crippen LogP contribution in [0.5, 0.6) is 0 Å². The molecule has 1 aliphatic heterocycles. The van der Waals surface area contributed by atoms with E-state index in [0.29, 0.717) is 0 Å². The summed E-state index contributed by atoms with van der Waals surface area (Å²) >= 11 is 4.75. The molecule has 0 spiro atoms. The number of carbonyl (C=O) groups is 3. The average Bonchev–Trinajstić information content (AvgIpc) is 2.15. The first-order valence-electron chi connectivity index (χ1n) is 4.28. The molecule has 0 aromatic rings. The number of rotatable bonds is 3. The van der Waals surface area contributed by atoms with Crippen LogP contribution in [0.4, 0.5) is 0 Å². The Morgan fingerprint density at radius 1 is 1.69 bits per heavy atom. The summed E-state index contributed by atoms with van der Waals surface area (Å²) in [6, 6.07) is 1.66. The van der Waals surface area contributed by atoms with E-state index in [0.717, 1.165) is 4.90 Å². The fraction of sp³-hybridized carbons (Fsp3) is 0.375. The normalized spacial score (nSPS) is 17.7. The molecule has 0 saturated carbocycles. The predicted molar refractivity (Wildman–Crippen MR) is 55.4 cm³/mol. The van der Waals surface area contributed by atoms with Crippen LogP contribution < -0.4 is 11.1 Å². The topological polar surface area (TPSA) is 116 Å². The van der Waals surface area contributed by atoms with Crippen LogP contribution in [0.3, 0.4) is 0 Å². The van der Waals surface area contributed by atoms with E-state index in [-0.39, 0.29) is 18.1 Å². The molecule has 0 aliphatic carbocycles. The van der Waals surface area contributed by atoms with E-state index in [1.165, 1.54) is 0 Å². The molecule has 0 bridgehead atoms. The fourth-order valence-corrected chi connectivity index (χ4v) is 1.43. The zero-order valence-electron chi connectivity index (χ0n) is 8.10. The van der Waals surface area contributed by atoms with Crippen molar-refractivity contribution in [2.45, 2.75) is 6.42 Å². The number of hydrogen-bond donors (Lipinski definition) is 2. The van der Waals surface area contributed by atoms with E-state index in [2.05, 4.69) is 5.32 Å². The van der Waals surface area contributed by atoms with Gasteiger partial charge in [-0.1, -0.05) is 0 Å². The molecule has 1 aliphatic rings. The lowest BCUT2D eigenvalue weighted by molar-refractivity contribution is -0.135. The highest BCUT2D eigenvalue weighted by Gasteiger charge is 2.31. The molecular weight excluding hydrogens is 232 g/mol. The molecule has 1 atom stereocenters. The number of amides is 3. The number of primary amides is 1. The van der Waals surface area contributed by atoms with Gasteiger partial charge in [-0.15, -0.1) is 0 Å². The molecule has 0 aromatic heterocycles. The van der Waals surface area contributed by atoms with Crippen LogP contribution in [0, 0.1) is 17.2 Å². The third-order valence-electron chi connectivity index (χ3n) is 1.97. The Balaban J connectivity index is 2.77. The molecule has 8 heteroatoms. The maximum Gasteiger partial charge on any atom is 0.238 e. The third-order valence-corrected chi connectivity index (χ3v) is 2.29. The highest BCUT2D eigenvalue weighted by Crippen LogP contribution is 2.07. The van der Waals surface area contributed by atoms with Gasteiger partial charge in [0, 0.05) is 0 Å². The molecule has 16 heavy (non-hydrogen) atoms. The minimum absolute atomic E-state index is 0.109. The van der Waals surface area contributed by atoms with Gasteiger partial charge in [-0.3, -0.25) is 19.3 Å². The zero-order valence-corrected chi connectivity index (χ0v) is 8.91. The Hall–Kier alpha value is -2.01. The quantitative estimate of drug-likeness (QED) is 0.448. The second-order valence-corrected chi connectivity index (χ2v) is 3.51. The van der Waals surface area contributed by atoms with Gasteiger partial charge >= 0.3 is 0 Å². The first kappa shape index (κ1) is 12.1. The summed E-state index contributed by atoms with van der Waals surface area (Å²) < 4.78 is 0. The van der Waals surface area contributed by atoms with Crippen LogP contribution in [-0.4, -0.2) is 34.3 Å². The molecule has 0 aromatic carbocycles. The molecule has 0 unspecified atom stereocenters. The van der Waals surface area contributed by atoms with Gasteiger partial charge < -0.3 is 11.1 Å². The van der Waals surface area contributed by atoms with Gasteiger partial charge in [0.15, 0.2) is 5.11 Å². The number of carbonyl (C=O) groups excluding carboxylic acids is 3. The van der Waals surface area contributed by atoms with Gasteiger partial charge in [-0.2, -0.15) is 5.26 Å². The monoisotopic (exact) mass is 240 g/mol. The summed E-state index contributed by atoms with van der Waals surface area (Å²) in [7, 11) is 0. The van der Waals surface area contributed by atoms with E-state index in [1.807, 2.05) is 0 Å². The summed E-state index contributed by atoms with van der Waals surface area (Å²) in [5, 5.41) is 10.8. The van der Waals surface area contributed by atoms with Crippen molar-refractivity contribution in [3.63, 3.8) is 0 Å². The Kier molecular flexibility index (Phi) is 3.52. The molecule has 7 nitrogen and oxygen atoms in total. The maximum atomic E-state index is 11.4. The van der Waals surface area contributed by atoms with Crippen molar-refractivity contribution in [1.82, 2.24) is 10.2 Å². The van der Waals surface area contributed by atoms with Gasteiger partial charge in [0.25, 0.3) is 0 Å². The summed E-state index contributed by atoms with van der Waals surface area (Å²) in [6.07, 6.45) is -0.350. The molecule has 3 N–H and O–H groups in total. The van der Waals surface area contributed by atoms with Gasteiger partial charge in [0.2, 0.25) is 17.7 Å². The van der Waals surface area contributed by atoms with Gasteiger partial charge in [-0.05, 0) is 12.2 Å². The average molecular weight is 240 g/mol. The Morgan fingerprint density at radius 3 is 2.75 bits per heavy atom. The maximum absolute atomic E-state index is 11.4. The number of nitrogens with zero attached hydrogens (tertiary/aromatic N) is 2. The van der Waals surface area contributed by atoms with E-state index in [4.69, 9.17) is 23.2 Å².